The van der Waals surface area contributed by atoms with Crippen LogP contribution in [0.3, 0.4) is 0 Å². The summed E-state index contributed by atoms with van der Waals surface area (Å²) in [5, 5.41) is 14.2. The first kappa shape index (κ1) is 15.7. The van der Waals surface area contributed by atoms with Crippen molar-refractivity contribution in [3.8, 4) is 0 Å². The van der Waals surface area contributed by atoms with E-state index in [4.69, 9.17) is 5.11 Å². The number of aromatic carboxylic acids is 1. The molecule has 4 heteroatoms. The number of benzene rings is 1. The van der Waals surface area contributed by atoms with Gasteiger partial charge in [0.2, 0.25) is 0 Å². The lowest BCUT2D eigenvalue weighted by Gasteiger charge is -2.32. The second-order valence-corrected chi connectivity index (χ2v) is 7.19. The number of hydrogen-bond donors (Lipinski definition) is 2. The number of hydrogen-bond acceptors (Lipinski definition) is 3. The molecular weight excluding hydrogens is 282 g/mol. The van der Waals surface area contributed by atoms with Crippen LogP contribution in [0.2, 0.25) is 0 Å². The Bertz CT molecular complexity index is 599. The molecule has 112 valence electrons. The highest BCUT2D eigenvalue weighted by molar-refractivity contribution is 7.10. The number of carboxylic acids is 1. The molecule has 0 aliphatic carbocycles. The summed E-state index contributed by atoms with van der Waals surface area (Å²) in [6.07, 6.45) is 0. The SMILES string of the molecule is CC(C)(C)C(NCc1cc(C(=O)O)cs1)c1ccccc1. The molecule has 0 aliphatic rings. The van der Waals surface area contributed by atoms with E-state index in [0.29, 0.717) is 12.1 Å². The zero-order valence-corrected chi connectivity index (χ0v) is 13.4. The third kappa shape index (κ3) is 4.16. The van der Waals surface area contributed by atoms with Gasteiger partial charge in [-0.1, -0.05) is 51.1 Å². The van der Waals surface area contributed by atoms with Crippen molar-refractivity contribution in [1.82, 2.24) is 5.32 Å². The molecule has 2 rings (SSSR count). The molecule has 1 atom stereocenters. The van der Waals surface area contributed by atoms with Gasteiger partial charge >= 0.3 is 5.97 Å². The minimum Gasteiger partial charge on any atom is -0.478 e. The van der Waals surface area contributed by atoms with Gasteiger partial charge in [-0.05, 0) is 17.0 Å². The minimum atomic E-state index is -0.868. The molecule has 3 nitrogen and oxygen atoms in total. The first-order valence-electron chi connectivity index (χ1n) is 6.97. The summed E-state index contributed by atoms with van der Waals surface area (Å²) in [5.41, 5.74) is 1.69. The molecule has 1 heterocycles. The summed E-state index contributed by atoms with van der Waals surface area (Å²) < 4.78 is 0. The Morgan fingerprint density at radius 1 is 1.29 bits per heavy atom. The van der Waals surface area contributed by atoms with Crippen molar-refractivity contribution >= 4 is 17.3 Å². The lowest BCUT2D eigenvalue weighted by molar-refractivity contribution is 0.0697. The molecule has 1 aromatic carbocycles. The van der Waals surface area contributed by atoms with Crippen LogP contribution < -0.4 is 5.32 Å². The second kappa shape index (κ2) is 6.41. The van der Waals surface area contributed by atoms with Gasteiger partial charge in [-0.15, -0.1) is 11.3 Å². The van der Waals surface area contributed by atoms with Crippen molar-refractivity contribution in [3.63, 3.8) is 0 Å². The van der Waals surface area contributed by atoms with Gasteiger partial charge in [0, 0.05) is 22.8 Å². The number of rotatable bonds is 5. The molecule has 0 aliphatic heterocycles. The molecule has 0 saturated carbocycles. The van der Waals surface area contributed by atoms with Crippen LogP contribution in [0.4, 0.5) is 0 Å². The maximum atomic E-state index is 10.9. The van der Waals surface area contributed by atoms with Crippen LogP contribution in [0.5, 0.6) is 0 Å². The fourth-order valence-electron chi connectivity index (χ4n) is 2.36. The minimum absolute atomic E-state index is 0.0776. The Labute approximate surface area is 129 Å². The van der Waals surface area contributed by atoms with Crippen LogP contribution in [-0.4, -0.2) is 11.1 Å². The first-order valence-corrected chi connectivity index (χ1v) is 7.85. The van der Waals surface area contributed by atoms with Crippen LogP contribution in [0, 0.1) is 5.41 Å². The van der Waals surface area contributed by atoms with E-state index in [9.17, 15) is 4.79 Å². The van der Waals surface area contributed by atoms with Crippen molar-refractivity contribution in [1.29, 1.82) is 0 Å². The fourth-order valence-corrected chi connectivity index (χ4v) is 3.17. The Balaban J connectivity index is 2.11. The maximum absolute atomic E-state index is 10.9. The first-order chi connectivity index (χ1) is 9.88. The van der Waals surface area contributed by atoms with Crippen molar-refractivity contribution in [2.24, 2.45) is 5.41 Å². The number of thiophene rings is 1. The molecule has 0 radical (unpaired) electrons. The van der Waals surface area contributed by atoms with Gasteiger partial charge in [0.25, 0.3) is 0 Å². The predicted octanol–water partition coefficient (Wildman–Crippen LogP) is 4.32. The molecule has 0 fully saturated rings. The highest BCUT2D eigenvalue weighted by Crippen LogP contribution is 2.33. The van der Waals surface area contributed by atoms with E-state index in [1.54, 1.807) is 11.4 Å². The molecular formula is C17H21NO2S. The average Bonchev–Trinajstić information content (AvgIpc) is 2.88. The Hall–Kier alpha value is -1.65. The summed E-state index contributed by atoms with van der Waals surface area (Å²) >= 11 is 1.48. The predicted molar refractivity (Wildman–Crippen MR) is 86.8 cm³/mol. The smallest absolute Gasteiger partial charge is 0.336 e. The fraction of sp³-hybridized carbons (Fsp3) is 0.353. The van der Waals surface area contributed by atoms with Gasteiger partial charge in [0.05, 0.1) is 5.56 Å². The van der Waals surface area contributed by atoms with Crippen LogP contribution >= 0.6 is 11.3 Å². The van der Waals surface area contributed by atoms with Crippen LogP contribution in [0.15, 0.2) is 41.8 Å². The van der Waals surface area contributed by atoms with Gasteiger partial charge in [-0.2, -0.15) is 0 Å². The summed E-state index contributed by atoms with van der Waals surface area (Å²) in [5.74, 6) is -0.868. The summed E-state index contributed by atoms with van der Waals surface area (Å²) in [7, 11) is 0. The molecule has 2 N–H and O–H groups in total. The van der Waals surface area contributed by atoms with Crippen molar-refractivity contribution in [2.75, 3.05) is 0 Å². The zero-order valence-electron chi connectivity index (χ0n) is 12.6. The monoisotopic (exact) mass is 303 g/mol. The van der Waals surface area contributed by atoms with Gasteiger partial charge < -0.3 is 10.4 Å². The molecule has 0 spiro atoms. The molecule has 2 aromatic rings. The highest BCUT2D eigenvalue weighted by Gasteiger charge is 2.25. The lowest BCUT2D eigenvalue weighted by Crippen LogP contribution is -2.31. The molecule has 1 aromatic heterocycles. The van der Waals surface area contributed by atoms with E-state index >= 15 is 0 Å². The third-order valence-corrected chi connectivity index (χ3v) is 4.32. The topological polar surface area (TPSA) is 49.3 Å². The third-order valence-electron chi connectivity index (χ3n) is 3.38. The van der Waals surface area contributed by atoms with Crippen molar-refractivity contribution in [2.45, 2.75) is 33.4 Å². The van der Waals surface area contributed by atoms with Gasteiger partial charge in [-0.3, -0.25) is 0 Å². The molecule has 0 bridgehead atoms. The summed E-state index contributed by atoms with van der Waals surface area (Å²) in [6.45, 7) is 7.28. The van der Waals surface area contributed by atoms with Crippen LogP contribution in [0.1, 0.15) is 47.6 Å². The van der Waals surface area contributed by atoms with Gasteiger partial charge in [-0.25, -0.2) is 4.79 Å². The number of carboxylic acid groups (broad SMARTS) is 1. The van der Waals surface area contributed by atoms with E-state index < -0.39 is 5.97 Å². The number of nitrogens with one attached hydrogen (secondary N) is 1. The van der Waals surface area contributed by atoms with Gasteiger partial charge in [0.1, 0.15) is 0 Å². The molecule has 0 amide bonds. The molecule has 0 saturated heterocycles. The quantitative estimate of drug-likeness (QED) is 0.864. The van der Waals surface area contributed by atoms with E-state index in [1.807, 2.05) is 18.2 Å². The summed E-state index contributed by atoms with van der Waals surface area (Å²) in [4.78, 5) is 12.0. The largest absolute Gasteiger partial charge is 0.478 e. The Kier molecular flexibility index (Phi) is 4.80. The zero-order chi connectivity index (χ0) is 15.5. The van der Waals surface area contributed by atoms with E-state index in [2.05, 4.69) is 38.2 Å². The van der Waals surface area contributed by atoms with E-state index in [1.165, 1.54) is 16.9 Å². The van der Waals surface area contributed by atoms with Crippen molar-refractivity contribution in [3.05, 3.63) is 57.8 Å². The maximum Gasteiger partial charge on any atom is 0.336 e. The van der Waals surface area contributed by atoms with E-state index in [-0.39, 0.29) is 11.5 Å². The number of carbonyl (C=O) groups is 1. The summed E-state index contributed by atoms with van der Waals surface area (Å²) in [6, 6.07) is 12.3. The second-order valence-electron chi connectivity index (χ2n) is 6.20. The van der Waals surface area contributed by atoms with Crippen molar-refractivity contribution < 1.29 is 9.90 Å². The van der Waals surface area contributed by atoms with E-state index in [0.717, 1.165) is 4.88 Å². The van der Waals surface area contributed by atoms with Crippen LogP contribution in [0.25, 0.3) is 0 Å². The van der Waals surface area contributed by atoms with Crippen LogP contribution in [-0.2, 0) is 6.54 Å². The lowest BCUT2D eigenvalue weighted by atomic mass is 9.82. The molecule has 1 unspecified atom stereocenters. The average molecular weight is 303 g/mol. The van der Waals surface area contributed by atoms with Gasteiger partial charge in [0.15, 0.2) is 0 Å². The normalized spacial score (nSPS) is 13.1. The highest BCUT2D eigenvalue weighted by atomic mass is 32.1. The Morgan fingerprint density at radius 3 is 2.48 bits per heavy atom. The Morgan fingerprint density at radius 2 is 1.95 bits per heavy atom. The molecule has 21 heavy (non-hydrogen) atoms. The standard InChI is InChI=1S/C17H21NO2S/c1-17(2,3)15(12-7-5-4-6-8-12)18-10-14-9-13(11-21-14)16(19)20/h4-9,11,15,18H,10H2,1-3H3,(H,19,20).